The maximum absolute atomic E-state index is 13.4. The van der Waals surface area contributed by atoms with Crippen molar-refractivity contribution in [2.45, 2.75) is 25.6 Å². The molecule has 3 N–H and O–H groups in total. The largest absolute Gasteiger partial charge is 0.416 e. The molecular formula is C12H12F4N2O2. The number of carbonyl (C=O) groups is 2. The van der Waals surface area contributed by atoms with Crippen LogP contribution in [0.3, 0.4) is 0 Å². The molecule has 0 saturated carbocycles. The molecule has 1 aromatic rings. The number of nitrogens with one attached hydrogen (secondary N) is 1. The van der Waals surface area contributed by atoms with Gasteiger partial charge < -0.3 is 11.1 Å². The maximum atomic E-state index is 13.4. The van der Waals surface area contributed by atoms with Crippen molar-refractivity contribution >= 4 is 11.8 Å². The van der Waals surface area contributed by atoms with Crippen LogP contribution >= 0.6 is 0 Å². The number of primary amides is 1. The summed E-state index contributed by atoms with van der Waals surface area (Å²) >= 11 is 0. The van der Waals surface area contributed by atoms with E-state index in [1.54, 1.807) is 0 Å². The first kappa shape index (κ1) is 15.9. The number of carbonyl (C=O) groups excluding carboxylic acids is 2. The molecule has 1 unspecified atom stereocenters. The van der Waals surface area contributed by atoms with E-state index in [0.717, 1.165) is 0 Å². The zero-order valence-corrected chi connectivity index (χ0v) is 10.4. The molecule has 2 amide bonds. The predicted molar refractivity (Wildman–Crippen MR) is 62.1 cm³/mol. The molecule has 0 fully saturated rings. The highest BCUT2D eigenvalue weighted by molar-refractivity contribution is 5.95. The molecule has 4 nitrogen and oxygen atoms in total. The number of rotatable bonds is 4. The third kappa shape index (κ3) is 4.22. The molecule has 0 aliphatic carbocycles. The van der Waals surface area contributed by atoms with Crippen LogP contribution in [-0.4, -0.2) is 17.9 Å². The summed E-state index contributed by atoms with van der Waals surface area (Å²) in [5, 5.41) is 2.20. The number of hydrogen-bond donors (Lipinski definition) is 2. The molecular weight excluding hydrogens is 280 g/mol. The van der Waals surface area contributed by atoms with Gasteiger partial charge in [0.15, 0.2) is 0 Å². The van der Waals surface area contributed by atoms with Gasteiger partial charge in [-0.1, -0.05) is 0 Å². The number of alkyl halides is 3. The second kappa shape index (κ2) is 5.89. The number of nitrogens with two attached hydrogens (primary N) is 1. The highest BCUT2D eigenvalue weighted by atomic mass is 19.4. The van der Waals surface area contributed by atoms with Crippen molar-refractivity contribution in [1.82, 2.24) is 5.32 Å². The standard InChI is InChI=1S/C12H12F4N2O2/c1-6(4-10(17)19)18-11(20)8-5-7(12(14,15)16)2-3-9(8)13/h2-3,5-6H,4H2,1H3,(H2,17,19)(H,18,20). The number of hydrogen-bond acceptors (Lipinski definition) is 2. The Morgan fingerprint density at radius 1 is 1.35 bits per heavy atom. The minimum absolute atomic E-state index is 0.202. The summed E-state index contributed by atoms with van der Waals surface area (Å²) in [5.41, 5.74) is 3.03. The monoisotopic (exact) mass is 292 g/mol. The summed E-state index contributed by atoms with van der Waals surface area (Å²) in [6, 6.07) is 0.811. The molecule has 0 aliphatic rings. The summed E-state index contributed by atoms with van der Waals surface area (Å²) in [6.45, 7) is 1.42. The fourth-order valence-electron chi connectivity index (χ4n) is 1.53. The Bertz CT molecular complexity index is 529. The topological polar surface area (TPSA) is 72.2 Å². The van der Waals surface area contributed by atoms with Crippen molar-refractivity contribution in [2.75, 3.05) is 0 Å². The molecule has 1 aromatic carbocycles. The quantitative estimate of drug-likeness (QED) is 0.831. The molecule has 0 spiro atoms. The molecule has 0 heterocycles. The van der Waals surface area contributed by atoms with Crippen molar-refractivity contribution in [2.24, 2.45) is 5.73 Å². The lowest BCUT2D eigenvalue weighted by atomic mass is 10.1. The molecule has 0 aliphatic heterocycles. The van der Waals surface area contributed by atoms with Crippen molar-refractivity contribution in [1.29, 1.82) is 0 Å². The van der Waals surface area contributed by atoms with Crippen LogP contribution < -0.4 is 11.1 Å². The van der Waals surface area contributed by atoms with Crippen LogP contribution in [0.15, 0.2) is 18.2 Å². The number of halogens is 4. The summed E-state index contributed by atoms with van der Waals surface area (Å²) in [5.74, 6) is -2.81. The molecule has 1 rings (SSSR count). The third-order valence-electron chi connectivity index (χ3n) is 2.42. The van der Waals surface area contributed by atoms with E-state index in [0.29, 0.717) is 18.2 Å². The van der Waals surface area contributed by atoms with Crippen LogP contribution in [0.4, 0.5) is 17.6 Å². The van der Waals surface area contributed by atoms with Gasteiger partial charge in [-0.3, -0.25) is 9.59 Å². The summed E-state index contributed by atoms with van der Waals surface area (Å²) < 4.78 is 50.8. The highest BCUT2D eigenvalue weighted by Crippen LogP contribution is 2.30. The van der Waals surface area contributed by atoms with E-state index >= 15 is 0 Å². The van der Waals surface area contributed by atoms with Gasteiger partial charge in [0.2, 0.25) is 5.91 Å². The van der Waals surface area contributed by atoms with Crippen LogP contribution in [0, 0.1) is 5.82 Å². The van der Waals surface area contributed by atoms with Crippen LogP contribution in [0.1, 0.15) is 29.3 Å². The van der Waals surface area contributed by atoms with Gasteiger partial charge in [-0.05, 0) is 25.1 Å². The van der Waals surface area contributed by atoms with Gasteiger partial charge in [0, 0.05) is 12.5 Å². The SMILES string of the molecule is CC(CC(N)=O)NC(=O)c1cc(C(F)(F)F)ccc1F. The van der Waals surface area contributed by atoms with Gasteiger partial charge in [0.05, 0.1) is 11.1 Å². The van der Waals surface area contributed by atoms with Crippen molar-refractivity contribution in [3.63, 3.8) is 0 Å². The minimum Gasteiger partial charge on any atom is -0.370 e. The van der Waals surface area contributed by atoms with E-state index in [2.05, 4.69) is 5.32 Å². The fraction of sp³-hybridized carbons (Fsp3) is 0.333. The van der Waals surface area contributed by atoms with Crippen molar-refractivity contribution in [3.05, 3.63) is 35.1 Å². The van der Waals surface area contributed by atoms with Gasteiger partial charge in [0.1, 0.15) is 5.82 Å². The fourth-order valence-corrected chi connectivity index (χ4v) is 1.53. The Morgan fingerprint density at radius 2 is 1.95 bits per heavy atom. The lowest BCUT2D eigenvalue weighted by molar-refractivity contribution is -0.137. The highest BCUT2D eigenvalue weighted by Gasteiger charge is 2.32. The van der Waals surface area contributed by atoms with Crippen LogP contribution in [-0.2, 0) is 11.0 Å². The summed E-state index contributed by atoms with van der Waals surface area (Å²) in [7, 11) is 0. The average molecular weight is 292 g/mol. The minimum atomic E-state index is -4.68. The van der Waals surface area contributed by atoms with E-state index in [9.17, 15) is 27.2 Å². The van der Waals surface area contributed by atoms with Gasteiger partial charge in [-0.2, -0.15) is 13.2 Å². The van der Waals surface area contributed by atoms with E-state index < -0.39 is 41.0 Å². The van der Waals surface area contributed by atoms with Gasteiger partial charge in [-0.25, -0.2) is 4.39 Å². The lowest BCUT2D eigenvalue weighted by Gasteiger charge is -2.14. The Hall–Kier alpha value is -2.12. The molecule has 0 radical (unpaired) electrons. The summed E-state index contributed by atoms with van der Waals surface area (Å²) in [4.78, 5) is 22.3. The number of benzene rings is 1. The first-order chi connectivity index (χ1) is 9.11. The molecule has 0 aromatic heterocycles. The van der Waals surface area contributed by atoms with Gasteiger partial charge in [-0.15, -0.1) is 0 Å². The normalized spacial score (nSPS) is 12.8. The Kier molecular flexibility index (Phi) is 4.69. The Labute approximate surface area is 111 Å². The lowest BCUT2D eigenvalue weighted by Crippen LogP contribution is -2.36. The van der Waals surface area contributed by atoms with Crippen LogP contribution in [0.25, 0.3) is 0 Å². The van der Waals surface area contributed by atoms with Crippen molar-refractivity contribution in [3.8, 4) is 0 Å². The van der Waals surface area contributed by atoms with E-state index in [4.69, 9.17) is 5.73 Å². The van der Waals surface area contributed by atoms with Crippen molar-refractivity contribution < 1.29 is 27.2 Å². The Morgan fingerprint density at radius 3 is 2.45 bits per heavy atom. The smallest absolute Gasteiger partial charge is 0.370 e. The molecule has 8 heteroatoms. The zero-order valence-electron chi connectivity index (χ0n) is 10.4. The predicted octanol–water partition coefficient (Wildman–Crippen LogP) is 1.84. The van der Waals surface area contributed by atoms with Crippen LogP contribution in [0.2, 0.25) is 0 Å². The molecule has 20 heavy (non-hydrogen) atoms. The van der Waals surface area contributed by atoms with E-state index in [-0.39, 0.29) is 6.42 Å². The second-order valence-corrected chi connectivity index (χ2v) is 4.24. The summed E-state index contributed by atoms with van der Waals surface area (Å²) in [6.07, 6.45) is -4.88. The average Bonchev–Trinajstić information content (AvgIpc) is 2.26. The zero-order chi connectivity index (χ0) is 15.5. The second-order valence-electron chi connectivity index (χ2n) is 4.24. The van der Waals surface area contributed by atoms with E-state index in [1.807, 2.05) is 0 Å². The van der Waals surface area contributed by atoms with Crippen LogP contribution in [0.5, 0.6) is 0 Å². The number of amides is 2. The first-order valence-corrected chi connectivity index (χ1v) is 5.57. The molecule has 1 atom stereocenters. The molecule has 110 valence electrons. The van der Waals surface area contributed by atoms with E-state index in [1.165, 1.54) is 6.92 Å². The van der Waals surface area contributed by atoms with Gasteiger partial charge in [0.25, 0.3) is 5.91 Å². The van der Waals surface area contributed by atoms with Gasteiger partial charge >= 0.3 is 6.18 Å². The molecule has 0 saturated heterocycles. The first-order valence-electron chi connectivity index (χ1n) is 5.57. The maximum Gasteiger partial charge on any atom is 0.416 e. The Balaban J connectivity index is 2.95. The molecule has 0 bridgehead atoms. The third-order valence-corrected chi connectivity index (χ3v) is 2.42.